The van der Waals surface area contributed by atoms with Crippen molar-refractivity contribution in [3.05, 3.63) is 47.2 Å². The molecule has 0 bridgehead atoms. The minimum absolute atomic E-state index is 0.403. The number of anilines is 1. The lowest BCUT2D eigenvalue weighted by molar-refractivity contribution is -0.109. The van der Waals surface area contributed by atoms with E-state index in [0.717, 1.165) is 23.4 Å². The standard InChI is InChI=1S/C15H19N3O.CH4N2O/c1-4-12-6-5-7-14(18(3)16)13(12)8-9-15-17-10-11(2)19-15;2-3-1-4/h5-10H,4,16H2,1-3H3;1H,2H2,(H,3,4)/b9-8+;. The van der Waals surface area contributed by atoms with Crippen molar-refractivity contribution in [2.75, 3.05) is 12.1 Å². The number of hydrogen-bond donors (Lipinski definition) is 3. The fourth-order valence-electron chi connectivity index (χ4n) is 2.01. The number of carbonyl (C=O) groups is 1. The Bertz CT molecular complexity index is 650. The quantitative estimate of drug-likeness (QED) is 0.334. The minimum atomic E-state index is 0.403. The van der Waals surface area contributed by atoms with Gasteiger partial charge in [-0.05, 0) is 31.1 Å². The molecule has 0 aliphatic carbocycles. The van der Waals surface area contributed by atoms with E-state index in [4.69, 9.17) is 15.1 Å². The number of benzene rings is 1. The predicted molar refractivity (Wildman–Crippen MR) is 92.0 cm³/mol. The lowest BCUT2D eigenvalue weighted by atomic mass is 10.0. The van der Waals surface area contributed by atoms with Gasteiger partial charge in [-0.1, -0.05) is 19.1 Å². The summed E-state index contributed by atoms with van der Waals surface area (Å²) in [5.74, 6) is 11.7. The zero-order valence-corrected chi connectivity index (χ0v) is 13.6. The molecule has 0 unspecified atom stereocenters. The number of nitrogens with two attached hydrogens (primary N) is 2. The number of nitrogens with zero attached hydrogens (tertiary/aromatic N) is 2. The topological polar surface area (TPSA) is 110 Å². The Morgan fingerprint density at radius 2 is 2.09 bits per heavy atom. The molecular weight excluding hydrogens is 294 g/mol. The molecule has 23 heavy (non-hydrogen) atoms. The summed E-state index contributed by atoms with van der Waals surface area (Å²) in [5.41, 5.74) is 5.08. The number of aromatic nitrogens is 1. The molecule has 0 aliphatic rings. The summed E-state index contributed by atoms with van der Waals surface area (Å²) < 4.78 is 5.44. The molecule has 7 heteroatoms. The lowest BCUT2D eigenvalue weighted by Gasteiger charge is -2.17. The summed E-state index contributed by atoms with van der Waals surface area (Å²) in [6.45, 7) is 4.01. The molecule has 2 aromatic rings. The Balaban J connectivity index is 0.000000593. The van der Waals surface area contributed by atoms with Gasteiger partial charge in [-0.25, -0.2) is 16.7 Å². The first kappa shape index (κ1) is 18.4. The molecule has 1 aromatic heterocycles. The SMILES string of the molecule is CCc1cccc(N(C)N)c1/C=C/c1ncc(C)o1.NNC=O. The molecule has 1 heterocycles. The molecule has 0 saturated carbocycles. The van der Waals surface area contributed by atoms with Gasteiger partial charge in [0, 0.05) is 18.7 Å². The summed E-state index contributed by atoms with van der Waals surface area (Å²) in [5, 5.41) is 1.62. The van der Waals surface area contributed by atoms with Crippen LogP contribution in [0.15, 0.2) is 28.8 Å². The van der Waals surface area contributed by atoms with Crippen LogP contribution in [0, 0.1) is 6.92 Å². The van der Waals surface area contributed by atoms with E-state index in [1.165, 1.54) is 5.56 Å². The molecule has 0 saturated heterocycles. The number of hydrogen-bond acceptors (Lipinski definition) is 6. The Kier molecular flexibility index (Phi) is 7.52. The van der Waals surface area contributed by atoms with E-state index >= 15 is 0 Å². The fraction of sp³-hybridized carbons (Fsp3) is 0.250. The lowest BCUT2D eigenvalue weighted by Crippen LogP contribution is -2.26. The second kappa shape index (κ2) is 9.39. The Labute approximate surface area is 135 Å². The van der Waals surface area contributed by atoms with Gasteiger partial charge in [0.25, 0.3) is 0 Å². The van der Waals surface area contributed by atoms with Crippen LogP contribution in [0.2, 0.25) is 0 Å². The van der Waals surface area contributed by atoms with Crippen LogP contribution < -0.4 is 22.1 Å². The van der Waals surface area contributed by atoms with Gasteiger partial charge in [0.15, 0.2) is 0 Å². The van der Waals surface area contributed by atoms with E-state index in [-0.39, 0.29) is 0 Å². The Hall–Kier alpha value is -2.64. The van der Waals surface area contributed by atoms with Gasteiger partial charge in [0.05, 0.1) is 11.9 Å². The number of oxazole rings is 1. The van der Waals surface area contributed by atoms with Gasteiger partial charge in [0.2, 0.25) is 12.3 Å². The molecule has 1 amide bonds. The van der Waals surface area contributed by atoms with Crippen LogP contribution in [0.3, 0.4) is 0 Å². The molecule has 124 valence electrons. The van der Waals surface area contributed by atoms with Crippen molar-refractivity contribution in [1.82, 2.24) is 10.4 Å². The number of carbonyl (C=O) groups excluding carboxylic acids is 1. The van der Waals surface area contributed by atoms with E-state index in [1.54, 1.807) is 16.6 Å². The second-order valence-corrected chi connectivity index (χ2v) is 4.74. The van der Waals surface area contributed by atoms with Gasteiger partial charge in [-0.15, -0.1) is 0 Å². The van der Waals surface area contributed by atoms with Crippen LogP contribution in [-0.4, -0.2) is 18.4 Å². The maximum absolute atomic E-state index is 8.94. The van der Waals surface area contributed by atoms with Gasteiger partial charge in [-0.2, -0.15) is 0 Å². The smallest absolute Gasteiger partial charge is 0.221 e. The zero-order chi connectivity index (χ0) is 17.2. The van der Waals surface area contributed by atoms with Crippen LogP contribution in [-0.2, 0) is 11.2 Å². The van der Waals surface area contributed by atoms with E-state index in [1.807, 2.05) is 38.3 Å². The van der Waals surface area contributed by atoms with Crippen LogP contribution in [0.1, 0.15) is 29.7 Å². The predicted octanol–water partition coefficient (Wildman–Crippen LogP) is 1.63. The third-order valence-electron chi connectivity index (χ3n) is 3.03. The van der Waals surface area contributed by atoms with Crippen LogP contribution >= 0.6 is 0 Å². The highest BCUT2D eigenvalue weighted by atomic mass is 16.3. The molecule has 5 N–H and O–H groups in total. The van der Waals surface area contributed by atoms with Crippen molar-refractivity contribution >= 4 is 24.2 Å². The second-order valence-electron chi connectivity index (χ2n) is 4.74. The van der Waals surface area contributed by atoms with E-state index in [2.05, 4.69) is 23.8 Å². The molecule has 0 atom stereocenters. The normalized spacial score (nSPS) is 10.1. The van der Waals surface area contributed by atoms with Crippen LogP contribution in [0.5, 0.6) is 0 Å². The van der Waals surface area contributed by atoms with Crippen molar-refractivity contribution < 1.29 is 9.21 Å². The minimum Gasteiger partial charge on any atom is -0.442 e. The highest BCUT2D eigenvalue weighted by molar-refractivity contribution is 5.77. The summed E-state index contributed by atoms with van der Waals surface area (Å²) in [6.07, 6.45) is 6.94. The van der Waals surface area contributed by atoms with Gasteiger partial charge in [-0.3, -0.25) is 10.2 Å². The molecule has 0 spiro atoms. The third-order valence-corrected chi connectivity index (χ3v) is 3.03. The largest absolute Gasteiger partial charge is 0.442 e. The average molecular weight is 317 g/mol. The molecule has 2 rings (SSSR count). The summed E-state index contributed by atoms with van der Waals surface area (Å²) in [4.78, 5) is 13.1. The first-order valence-corrected chi connectivity index (χ1v) is 7.14. The number of nitrogens with one attached hydrogen (secondary N) is 1. The summed E-state index contributed by atoms with van der Waals surface area (Å²) in [7, 11) is 1.83. The monoisotopic (exact) mass is 317 g/mol. The summed E-state index contributed by atoms with van der Waals surface area (Å²) in [6, 6.07) is 6.12. The maximum Gasteiger partial charge on any atom is 0.221 e. The summed E-state index contributed by atoms with van der Waals surface area (Å²) >= 11 is 0. The molecule has 0 radical (unpaired) electrons. The van der Waals surface area contributed by atoms with Crippen molar-refractivity contribution in [3.8, 4) is 0 Å². The average Bonchev–Trinajstić information content (AvgIpc) is 2.98. The van der Waals surface area contributed by atoms with Crippen LogP contribution in [0.25, 0.3) is 12.2 Å². The van der Waals surface area contributed by atoms with E-state index in [0.29, 0.717) is 12.3 Å². The number of rotatable bonds is 5. The fourth-order valence-corrected chi connectivity index (χ4v) is 2.01. The molecule has 1 aromatic carbocycles. The number of amides is 1. The third kappa shape index (κ3) is 5.57. The molecular formula is C16H23N5O2. The van der Waals surface area contributed by atoms with Gasteiger partial charge >= 0.3 is 0 Å². The van der Waals surface area contributed by atoms with Crippen molar-refractivity contribution in [2.45, 2.75) is 20.3 Å². The highest BCUT2D eigenvalue weighted by Gasteiger charge is 2.07. The van der Waals surface area contributed by atoms with E-state index < -0.39 is 0 Å². The van der Waals surface area contributed by atoms with Crippen LogP contribution in [0.4, 0.5) is 5.69 Å². The molecule has 0 fully saturated rings. The first-order chi connectivity index (χ1) is 11.0. The first-order valence-electron chi connectivity index (χ1n) is 7.14. The number of hydrazine groups is 2. The Morgan fingerprint density at radius 1 is 1.39 bits per heavy atom. The van der Waals surface area contributed by atoms with Crippen molar-refractivity contribution in [2.24, 2.45) is 11.7 Å². The number of aryl methyl sites for hydroxylation is 2. The van der Waals surface area contributed by atoms with Gasteiger partial charge in [0.1, 0.15) is 5.76 Å². The Morgan fingerprint density at radius 3 is 2.57 bits per heavy atom. The van der Waals surface area contributed by atoms with Gasteiger partial charge < -0.3 is 9.43 Å². The molecule has 0 aliphatic heterocycles. The van der Waals surface area contributed by atoms with Crippen molar-refractivity contribution in [1.29, 1.82) is 0 Å². The van der Waals surface area contributed by atoms with E-state index in [9.17, 15) is 0 Å². The molecule has 7 nitrogen and oxygen atoms in total. The highest BCUT2D eigenvalue weighted by Crippen LogP contribution is 2.24. The maximum atomic E-state index is 8.94. The zero-order valence-electron chi connectivity index (χ0n) is 13.6. The van der Waals surface area contributed by atoms with Crippen molar-refractivity contribution in [3.63, 3.8) is 0 Å².